The molecular formula is C14H19ClN2OS. The van der Waals surface area contributed by atoms with E-state index >= 15 is 0 Å². The fourth-order valence-corrected chi connectivity index (χ4v) is 2.53. The smallest absolute Gasteiger partial charge is 0.238 e. The number of thioether (sulfide) groups is 1. The van der Waals surface area contributed by atoms with Crippen molar-refractivity contribution in [2.45, 2.75) is 24.8 Å². The minimum Gasteiger partial charge on any atom is -0.320 e. The highest BCUT2D eigenvalue weighted by Gasteiger charge is 2.35. The molecule has 0 aromatic heterocycles. The topological polar surface area (TPSA) is 32.3 Å². The summed E-state index contributed by atoms with van der Waals surface area (Å²) < 4.78 is 0.0480. The van der Waals surface area contributed by atoms with Crippen LogP contribution in [-0.4, -0.2) is 34.9 Å². The highest BCUT2D eigenvalue weighted by molar-refractivity contribution is 7.99. The summed E-state index contributed by atoms with van der Waals surface area (Å²) in [5.74, 6) is 0.155. The monoisotopic (exact) mass is 298 g/mol. The van der Waals surface area contributed by atoms with Gasteiger partial charge in [-0.3, -0.25) is 10.1 Å². The van der Waals surface area contributed by atoms with Gasteiger partial charge in [0.15, 0.2) is 0 Å². The molecule has 1 unspecified atom stereocenters. The third-order valence-corrected chi connectivity index (χ3v) is 4.85. The molecule has 5 heteroatoms. The van der Waals surface area contributed by atoms with Crippen LogP contribution in [0.25, 0.3) is 0 Å². The predicted octanol–water partition coefficient (Wildman–Crippen LogP) is 2.91. The van der Waals surface area contributed by atoms with Crippen molar-refractivity contribution in [1.29, 1.82) is 0 Å². The normalized spacial score (nSPS) is 20.1. The van der Waals surface area contributed by atoms with Crippen LogP contribution < -0.4 is 5.32 Å². The molecule has 0 bridgehead atoms. The van der Waals surface area contributed by atoms with Crippen molar-refractivity contribution in [2.75, 3.05) is 19.3 Å². The number of nitrogens with one attached hydrogen (secondary N) is 1. The predicted molar refractivity (Wildman–Crippen MR) is 81.5 cm³/mol. The molecule has 1 aliphatic rings. The van der Waals surface area contributed by atoms with Crippen LogP contribution >= 0.6 is 23.4 Å². The van der Waals surface area contributed by atoms with Crippen molar-refractivity contribution in [1.82, 2.24) is 10.2 Å². The zero-order valence-corrected chi connectivity index (χ0v) is 13.0. The van der Waals surface area contributed by atoms with E-state index in [0.29, 0.717) is 11.6 Å². The number of nitrogens with zero attached hydrogens (tertiary/aromatic N) is 1. The van der Waals surface area contributed by atoms with Gasteiger partial charge in [-0.05, 0) is 37.8 Å². The molecule has 104 valence electrons. The lowest BCUT2D eigenvalue weighted by molar-refractivity contribution is -0.128. The first-order valence-corrected chi connectivity index (χ1v) is 7.87. The number of rotatable bonds is 4. The fourth-order valence-electron chi connectivity index (χ4n) is 2.14. The first-order valence-electron chi connectivity index (χ1n) is 6.26. The number of carbonyl (C=O) groups is 1. The molecular weight excluding hydrogens is 280 g/mol. The van der Waals surface area contributed by atoms with E-state index in [2.05, 4.69) is 25.4 Å². The first kappa shape index (κ1) is 14.7. The molecule has 2 rings (SSSR count). The number of benzene rings is 1. The second kappa shape index (κ2) is 5.73. The largest absolute Gasteiger partial charge is 0.320 e. The third kappa shape index (κ3) is 3.44. The average Bonchev–Trinajstić information content (AvgIpc) is 2.72. The molecule has 1 heterocycles. The molecule has 1 N–H and O–H groups in total. The highest BCUT2D eigenvalue weighted by Crippen LogP contribution is 2.29. The average molecular weight is 299 g/mol. The van der Waals surface area contributed by atoms with Gasteiger partial charge in [-0.15, -0.1) is 0 Å². The van der Waals surface area contributed by atoms with Crippen molar-refractivity contribution in [3.8, 4) is 0 Å². The summed E-state index contributed by atoms with van der Waals surface area (Å²) in [6.45, 7) is 5.44. The Hall–Kier alpha value is -0.710. The quantitative estimate of drug-likeness (QED) is 0.927. The van der Waals surface area contributed by atoms with E-state index in [1.54, 1.807) is 11.8 Å². The standard InChI is InChI=1S/C14H19ClN2OS/c1-14(2,19-3)9-17-12(18)8-16-13(17)10-4-6-11(15)7-5-10/h4-7,13,16H,8-9H2,1-3H3. The fraction of sp³-hybridized carbons (Fsp3) is 0.500. The van der Waals surface area contributed by atoms with Crippen molar-refractivity contribution in [3.05, 3.63) is 34.9 Å². The van der Waals surface area contributed by atoms with E-state index in [4.69, 9.17) is 11.6 Å². The molecule has 1 fully saturated rings. The first-order chi connectivity index (χ1) is 8.93. The Morgan fingerprint density at radius 1 is 1.42 bits per heavy atom. The number of carbonyl (C=O) groups excluding carboxylic acids is 1. The molecule has 0 spiro atoms. The maximum atomic E-state index is 12.0. The second-order valence-electron chi connectivity index (χ2n) is 5.32. The molecule has 3 nitrogen and oxygen atoms in total. The van der Waals surface area contributed by atoms with E-state index < -0.39 is 0 Å². The molecule has 1 amide bonds. The van der Waals surface area contributed by atoms with Gasteiger partial charge >= 0.3 is 0 Å². The lowest BCUT2D eigenvalue weighted by Crippen LogP contribution is -2.40. The van der Waals surface area contributed by atoms with Gasteiger partial charge in [-0.2, -0.15) is 11.8 Å². The summed E-state index contributed by atoms with van der Waals surface area (Å²) in [7, 11) is 0. The van der Waals surface area contributed by atoms with Gasteiger partial charge < -0.3 is 4.90 Å². The lowest BCUT2D eigenvalue weighted by Gasteiger charge is -2.32. The van der Waals surface area contributed by atoms with Gasteiger partial charge in [0.05, 0.1) is 6.54 Å². The van der Waals surface area contributed by atoms with Crippen LogP contribution in [0, 0.1) is 0 Å². The van der Waals surface area contributed by atoms with Gasteiger partial charge in [-0.25, -0.2) is 0 Å². The maximum Gasteiger partial charge on any atom is 0.238 e. The molecule has 19 heavy (non-hydrogen) atoms. The molecule has 0 saturated carbocycles. The zero-order chi connectivity index (χ0) is 14.0. The van der Waals surface area contributed by atoms with Crippen molar-refractivity contribution in [3.63, 3.8) is 0 Å². The van der Waals surface area contributed by atoms with Gasteiger partial charge in [0.25, 0.3) is 0 Å². The molecule has 1 saturated heterocycles. The zero-order valence-electron chi connectivity index (χ0n) is 11.4. The van der Waals surface area contributed by atoms with Crippen molar-refractivity contribution >= 4 is 29.3 Å². The van der Waals surface area contributed by atoms with Gasteiger partial charge in [-0.1, -0.05) is 23.7 Å². The highest BCUT2D eigenvalue weighted by atomic mass is 35.5. The van der Waals surface area contributed by atoms with Crippen LogP contribution in [0.2, 0.25) is 5.02 Å². The Labute approximate surface area is 123 Å². The summed E-state index contributed by atoms with van der Waals surface area (Å²) in [6.07, 6.45) is 2.03. The molecule has 1 atom stereocenters. The Morgan fingerprint density at radius 3 is 2.63 bits per heavy atom. The van der Waals surface area contributed by atoms with Crippen LogP contribution in [0.3, 0.4) is 0 Å². The van der Waals surface area contributed by atoms with E-state index in [1.165, 1.54) is 0 Å². The summed E-state index contributed by atoms with van der Waals surface area (Å²) >= 11 is 7.68. The maximum absolute atomic E-state index is 12.0. The van der Waals surface area contributed by atoms with Crippen LogP contribution in [0.5, 0.6) is 0 Å². The molecule has 0 radical (unpaired) electrons. The minimum absolute atomic E-state index is 0.0452. The van der Waals surface area contributed by atoms with E-state index in [9.17, 15) is 4.79 Å². The van der Waals surface area contributed by atoms with Crippen molar-refractivity contribution < 1.29 is 4.79 Å². The Balaban J connectivity index is 2.20. The van der Waals surface area contributed by atoms with E-state index in [0.717, 1.165) is 12.1 Å². The Morgan fingerprint density at radius 2 is 2.05 bits per heavy atom. The summed E-state index contributed by atoms with van der Waals surface area (Å²) in [6, 6.07) is 7.66. The summed E-state index contributed by atoms with van der Waals surface area (Å²) in [5, 5.41) is 3.98. The molecule has 1 aromatic rings. The Kier molecular flexibility index (Phi) is 4.43. The lowest BCUT2D eigenvalue weighted by atomic mass is 10.1. The van der Waals surface area contributed by atoms with Crippen LogP contribution in [0.1, 0.15) is 25.6 Å². The summed E-state index contributed by atoms with van der Waals surface area (Å²) in [5.41, 5.74) is 1.08. The number of halogens is 1. The number of amides is 1. The van der Waals surface area contributed by atoms with Crippen molar-refractivity contribution in [2.24, 2.45) is 0 Å². The number of hydrogen-bond donors (Lipinski definition) is 1. The molecule has 1 aromatic carbocycles. The van der Waals surface area contributed by atoms with Gasteiger partial charge in [0.1, 0.15) is 6.17 Å². The van der Waals surface area contributed by atoms with Crippen LogP contribution in [0.15, 0.2) is 24.3 Å². The van der Waals surface area contributed by atoms with Gasteiger partial charge in [0.2, 0.25) is 5.91 Å². The van der Waals surface area contributed by atoms with Crippen LogP contribution in [0.4, 0.5) is 0 Å². The minimum atomic E-state index is -0.0452. The summed E-state index contributed by atoms with van der Waals surface area (Å²) in [4.78, 5) is 14.0. The van der Waals surface area contributed by atoms with Crippen LogP contribution in [-0.2, 0) is 4.79 Å². The molecule has 0 aliphatic carbocycles. The Bertz CT molecular complexity index is 461. The third-order valence-electron chi connectivity index (χ3n) is 3.37. The molecule has 1 aliphatic heterocycles. The SMILES string of the molecule is CSC(C)(C)CN1C(=O)CNC1c1ccc(Cl)cc1. The van der Waals surface area contributed by atoms with Gasteiger partial charge in [0, 0.05) is 16.3 Å². The van der Waals surface area contributed by atoms with E-state index in [1.807, 2.05) is 29.2 Å². The van der Waals surface area contributed by atoms with E-state index in [-0.39, 0.29) is 16.8 Å². The second-order valence-corrected chi connectivity index (χ2v) is 7.27. The number of hydrogen-bond acceptors (Lipinski definition) is 3.